The molecule has 1 saturated heterocycles. The number of hydrogen-bond donors (Lipinski definition) is 1. The normalized spacial score (nSPS) is 19.4. The van der Waals surface area contributed by atoms with Gasteiger partial charge in [0.2, 0.25) is 0 Å². The van der Waals surface area contributed by atoms with E-state index in [1.165, 1.54) is 0 Å². The summed E-state index contributed by atoms with van der Waals surface area (Å²) in [6.45, 7) is 6.73. The largest absolute Gasteiger partial charge is 0.366 e. The van der Waals surface area contributed by atoms with Crippen molar-refractivity contribution in [3.8, 4) is 0 Å². The average Bonchev–Trinajstić information content (AvgIpc) is 2.53. The van der Waals surface area contributed by atoms with E-state index in [9.17, 15) is 8.42 Å². The van der Waals surface area contributed by atoms with Crippen LogP contribution in [-0.2, 0) is 9.84 Å². The standard InChI is InChI=1S/C16H26N2O2S/c1-3-12-18(14-8-7-11-17-13-14)15-9-5-6-10-16(15)21(19,20)4-2/h5-6,9-10,14,17H,3-4,7-8,11-13H2,1-2H3. The minimum absolute atomic E-state index is 0.146. The third-order valence-corrected chi connectivity index (χ3v) is 5.84. The maximum Gasteiger partial charge on any atom is 0.180 e. The number of nitrogens with one attached hydrogen (secondary N) is 1. The van der Waals surface area contributed by atoms with E-state index in [-0.39, 0.29) is 5.75 Å². The number of nitrogens with zero attached hydrogens (tertiary/aromatic N) is 1. The molecule has 0 aromatic heterocycles. The molecule has 0 saturated carbocycles. The van der Waals surface area contributed by atoms with Crippen LogP contribution in [0.4, 0.5) is 5.69 Å². The van der Waals surface area contributed by atoms with Crippen LogP contribution in [0.15, 0.2) is 29.2 Å². The molecule has 1 aliphatic heterocycles. The van der Waals surface area contributed by atoms with Crippen molar-refractivity contribution in [2.45, 2.75) is 44.0 Å². The zero-order valence-electron chi connectivity index (χ0n) is 13.0. The Kier molecular flexibility index (Phi) is 5.65. The fourth-order valence-corrected chi connectivity index (χ4v) is 4.05. The lowest BCUT2D eigenvalue weighted by atomic mass is 10.0. The third-order valence-electron chi connectivity index (χ3n) is 4.07. The lowest BCUT2D eigenvalue weighted by Crippen LogP contribution is -2.47. The van der Waals surface area contributed by atoms with E-state index < -0.39 is 9.84 Å². The van der Waals surface area contributed by atoms with Crippen molar-refractivity contribution in [1.29, 1.82) is 0 Å². The van der Waals surface area contributed by atoms with Crippen LogP contribution in [-0.4, -0.2) is 39.8 Å². The quantitative estimate of drug-likeness (QED) is 0.877. The molecular formula is C16H26N2O2S. The first kappa shape index (κ1) is 16.3. The van der Waals surface area contributed by atoms with E-state index in [1.807, 2.05) is 18.2 Å². The van der Waals surface area contributed by atoms with Gasteiger partial charge in [-0.25, -0.2) is 8.42 Å². The van der Waals surface area contributed by atoms with E-state index in [1.54, 1.807) is 13.0 Å². The molecule has 0 bridgehead atoms. The van der Waals surface area contributed by atoms with Crippen LogP contribution in [0.1, 0.15) is 33.1 Å². The Labute approximate surface area is 128 Å². The summed E-state index contributed by atoms with van der Waals surface area (Å²) in [5.41, 5.74) is 0.870. The topological polar surface area (TPSA) is 49.4 Å². The number of hydrogen-bond acceptors (Lipinski definition) is 4. The maximum atomic E-state index is 12.4. The molecule has 1 aliphatic rings. The van der Waals surface area contributed by atoms with Crippen molar-refractivity contribution in [3.05, 3.63) is 24.3 Å². The predicted molar refractivity (Wildman–Crippen MR) is 87.7 cm³/mol. The van der Waals surface area contributed by atoms with Crippen molar-refractivity contribution in [3.63, 3.8) is 0 Å². The highest BCUT2D eigenvalue weighted by Crippen LogP contribution is 2.29. The number of para-hydroxylation sites is 1. The van der Waals surface area contributed by atoms with Gasteiger partial charge in [0.05, 0.1) is 16.3 Å². The fourth-order valence-electron chi connectivity index (χ4n) is 2.95. The second kappa shape index (κ2) is 7.27. The van der Waals surface area contributed by atoms with Gasteiger partial charge in [-0.15, -0.1) is 0 Å². The molecule has 0 amide bonds. The number of anilines is 1. The van der Waals surface area contributed by atoms with Gasteiger partial charge in [-0.3, -0.25) is 0 Å². The Morgan fingerprint density at radius 1 is 1.29 bits per heavy atom. The summed E-state index contributed by atoms with van der Waals surface area (Å²) < 4.78 is 24.7. The molecule has 0 aliphatic carbocycles. The first-order chi connectivity index (χ1) is 10.1. The minimum atomic E-state index is -3.19. The van der Waals surface area contributed by atoms with Crippen LogP contribution in [0.5, 0.6) is 0 Å². The lowest BCUT2D eigenvalue weighted by Gasteiger charge is -2.37. The van der Waals surface area contributed by atoms with Gasteiger partial charge in [-0.2, -0.15) is 0 Å². The molecule has 1 N–H and O–H groups in total. The average molecular weight is 310 g/mol. The zero-order valence-corrected chi connectivity index (χ0v) is 13.8. The Balaban J connectivity index is 2.40. The summed E-state index contributed by atoms with van der Waals surface area (Å²) in [5, 5.41) is 3.42. The Morgan fingerprint density at radius 3 is 2.67 bits per heavy atom. The number of benzene rings is 1. The minimum Gasteiger partial charge on any atom is -0.366 e. The summed E-state index contributed by atoms with van der Waals surface area (Å²) in [6.07, 6.45) is 3.28. The maximum absolute atomic E-state index is 12.4. The highest BCUT2D eigenvalue weighted by Gasteiger charge is 2.25. The van der Waals surface area contributed by atoms with Gasteiger partial charge in [0.1, 0.15) is 0 Å². The molecule has 1 atom stereocenters. The molecule has 21 heavy (non-hydrogen) atoms. The summed E-state index contributed by atoms with van der Waals surface area (Å²) in [7, 11) is -3.19. The molecule has 5 heteroatoms. The molecule has 118 valence electrons. The summed E-state index contributed by atoms with van der Waals surface area (Å²) >= 11 is 0. The van der Waals surface area contributed by atoms with Gasteiger partial charge >= 0.3 is 0 Å². The molecule has 2 rings (SSSR count). The number of sulfone groups is 1. The molecule has 1 fully saturated rings. The third kappa shape index (κ3) is 3.77. The van der Waals surface area contributed by atoms with Gasteiger partial charge in [0.15, 0.2) is 9.84 Å². The fraction of sp³-hybridized carbons (Fsp3) is 0.625. The highest BCUT2D eigenvalue weighted by molar-refractivity contribution is 7.91. The Morgan fingerprint density at radius 2 is 2.05 bits per heavy atom. The van der Waals surface area contributed by atoms with Gasteiger partial charge in [0.25, 0.3) is 0 Å². The van der Waals surface area contributed by atoms with E-state index >= 15 is 0 Å². The van der Waals surface area contributed by atoms with Crippen molar-refractivity contribution in [2.75, 3.05) is 30.3 Å². The lowest BCUT2D eigenvalue weighted by molar-refractivity contribution is 0.429. The Hall–Kier alpha value is -1.07. The molecule has 1 unspecified atom stereocenters. The van der Waals surface area contributed by atoms with Crippen molar-refractivity contribution in [2.24, 2.45) is 0 Å². The van der Waals surface area contributed by atoms with Crippen molar-refractivity contribution in [1.82, 2.24) is 5.32 Å². The predicted octanol–water partition coefficient (Wildman–Crippen LogP) is 2.45. The first-order valence-electron chi connectivity index (χ1n) is 7.89. The summed E-state index contributed by atoms with van der Waals surface area (Å²) in [4.78, 5) is 2.76. The molecule has 1 heterocycles. The van der Waals surface area contributed by atoms with E-state index in [0.29, 0.717) is 10.9 Å². The van der Waals surface area contributed by atoms with Crippen LogP contribution < -0.4 is 10.2 Å². The molecule has 0 radical (unpaired) electrons. The van der Waals surface area contributed by atoms with Crippen LogP contribution in [0.3, 0.4) is 0 Å². The van der Waals surface area contributed by atoms with E-state index in [2.05, 4.69) is 17.1 Å². The summed E-state index contributed by atoms with van der Waals surface area (Å²) in [6, 6.07) is 7.82. The van der Waals surface area contributed by atoms with Crippen LogP contribution in [0.2, 0.25) is 0 Å². The van der Waals surface area contributed by atoms with E-state index in [4.69, 9.17) is 0 Å². The van der Waals surface area contributed by atoms with Crippen molar-refractivity contribution >= 4 is 15.5 Å². The van der Waals surface area contributed by atoms with Gasteiger partial charge < -0.3 is 10.2 Å². The van der Waals surface area contributed by atoms with Crippen molar-refractivity contribution < 1.29 is 8.42 Å². The number of piperidine rings is 1. The Bertz CT molecular complexity index is 551. The zero-order chi connectivity index (χ0) is 15.3. The van der Waals surface area contributed by atoms with Crippen LogP contribution in [0, 0.1) is 0 Å². The SMILES string of the molecule is CCCN(c1ccccc1S(=O)(=O)CC)C1CCCNC1. The molecule has 4 nitrogen and oxygen atoms in total. The van der Waals surface area contributed by atoms with Crippen LogP contribution in [0.25, 0.3) is 0 Å². The molecule has 1 aromatic rings. The van der Waals surface area contributed by atoms with Gasteiger partial charge in [-0.05, 0) is 37.9 Å². The van der Waals surface area contributed by atoms with Gasteiger partial charge in [-0.1, -0.05) is 26.0 Å². The molecule has 0 spiro atoms. The second-order valence-corrected chi connectivity index (χ2v) is 7.81. The monoisotopic (exact) mass is 310 g/mol. The first-order valence-corrected chi connectivity index (χ1v) is 9.54. The summed E-state index contributed by atoms with van der Waals surface area (Å²) in [5.74, 6) is 0.146. The smallest absolute Gasteiger partial charge is 0.180 e. The second-order valence-electron chi connectivity index (χ2n) is 5.56. The number of rotatable bonds is 6. The van der Waals surface area contributed by atoms with Crippen LogP contribution >= 0.6 is 0 Å². The van der Waals surface area contributed by atoms with Gasteiger partial charge in [0, 0.05) is 19.1 Å². The van der Waals surface area contributed by atoms with E-state index in [0.717, 1.165) is 44.6 Å². The molecule has 1 aromatic carbocycles. The highest BCUT2D eigenvalue weighted by atomic mass is 32.2. The molecular weight excluding hydrogens is 284 g/mol.